The molecular weight excluding hydrogens is 1310 g/mol. The Balaban J connectivity index is -0.000000524. The lowest BCUT2D eigenvalue weighted by atomic mass is 10.1. The average molecular weight is 1460 g/mol. The number of nitrogens with zero attached hydrogens (tertiary/aromatic N) is 1. The van der Waals surface area contributed by atoms with Gasteiger partial charge in [0.25, 0.3) is 0 Å². The second kappa shape index (κ2) is 68.9. The molecule has 3 N–H and O–H groups in total. The van der Waals surface area contributed by atoms with E-state index in [4.69, 9.17) is 86.1 Å². The summed E-state index contributed by atoms with van der Waals surface area (Å²) in [6.45, 7) is 33.4. The summed E-state index contributed by atoms with van der Waals surface area (Å²) < 4.78 is 94.1. The van der Waals surface area contributed by atoms with Crippen LogP contribution in [0, 0.1) is 11.8 Å². The standard InChI is InChI=1S/C13H31NO5Si.C13H28O4Si.C12H30O5Si2.C12H24.C10H22O4Si.C7H18O2Si/c1-4-17-20(18-5-2,19-6-3)13-7-8-14(9-11-15)10-12-16;1-4-15-18(16-5-2,17-6-3)11-7-10-14-12-13-8-9-13;1-14-18(5,15-2)10-8-6-7-9-11-19(12-13,16-3)17-4;1-3-5-7-9-11-12-10-8-6-4-2;1-11-15(12-2,13-3)8-4-7-14-9-10-5-6-10;1-5-6-7-10(4,8-2)9-3/h15-16H,4-13H2,1-3H3;13H,4-12H2,1-3H3;13H,6-12H2,1-5H3;3H,1,4-12H2,2H3;10H,4-9H2,1-3H3;5-7H2,1-4H3. The van der Waals surface area contributed by atoms with Crippen molar-refractivity contribution in [2.24, 2.45) is 11.8 Å². The first-order valence-corrected chi connectivity index (χ1v) is 49.5. The summed E-state index contributed by atoms with van der Waals surface area (Å²) in [7, 11) is 1.84. The van der Waals surface area contributed by atoms with Crippen LogP contribution in [0.2, 0.25) is 49.4 Å². The maximum atomic E-state index is 9.33. The van der Waals surface area contributed by atoms with E-state index in [1.165, 1.54) is 96.3 Å². The Hall–Kier alpha value is 0.201. The van der Waals surface area contributed by atoms with Gasteiger partial charge in [0.2, 0.25) is 0 Å². The maximum Gasteiger partial charge on any atom is 0.501 e. The summed E-state index contributed by atoms with van der Waals surface area (Å²) in [6, 6.07) is 5.41. The molecule has 0 amide bonds. The van der Waals surface area contributed by atoms with E-state index in [0.29, 0.717) is 52.7 Å². The van der Waals surface area contributed by atoms with Gasteiger partial charge in [0.05, 0.1) is 19.4 Å². The molecule has 0 aromatic carbocycles. The molecule has 0 spiro atoms. The molecule has 0 atom stereocenters. The fourth-order valence-corrected chi connectivity index (χ4v) is 21.4. The van der Waals surface area contributed by atoms with Crippen LogP contribution in [-0.2, 0) is 75.9 Å². The van der Waals surface area contributed by atoms with E-state index in [1.807, 2.05) is 52.5 Å². The van der Waals surface area contributed by atoms with Gasteiger partial charge in [-0.2, -0.15) is 0 Å². The molecule has 0 saturated heterocycles. The van der Waals surface area contributed by atoms with Crippen LogP contribution in [0.1, 0.15) is 197 Å². The summed E-state index contributed by atoms with van der Waals surface area (Å²) in [5.74, 6) is 1.66. The summed E-state index contributed by atoms with van der Waals surface area (Å²) in [6.07, 6.45) is 29.5. The van der Waals surface area contributed by atoms with Gasteiger partial charge in [-0.25, -0.2) is 0 Å². The molecule has 570 valence electrons. The quantitative estimate of drug-likeness (QED) is 0.0293. The second-order valence-corrected chi connectivity index (χ2v) is 43.2. The summed E-state index contributed by atoms with van der Waals surface area (Å²) >= 11 is 0. The van der Waals surface area contributed by atoms with Crippen molar-refractivity contribution in [1.29, 1.82) is 0 Å². The third-order valence-corrected chi connectivity index (χ3v) is 34.6. The highest BCUT2D eigenvalue weighted by molar-refractivity contribution is 6.67. The van der Waals surface area contributed by atoms with Gasteiger partial charge in [-0.15, -0.1) is 6.58 Å². The van der Waals surface area contributed by atoms with E-state index in [2.05, 4.69) is 33.5 Å². The Labute approximate surface area is 584 Å². The van der Waals surface area contributed by atoms with Gasteiger partial charge in [-0.1, -0.05) is 103 Å². The lowest BCUT2D eigenvalue weighted by Gasteiger charge is -2.29. The average Bonchev–Trinajstić information content (AvgIpc) is 1.99. The molecule has 0 aromatic rings. The normalized spacial score (nSPS) is 13.6. The van der Waals surface area contributed by atoms with Crippen LogP contribution >= 0.6 is 0 Å². The molecule has 0 aliphatic heterocycles. The van der Waals surface area contributed by atoms with E-state index >= 15 is 0 Å². The molecule has 0 radical (unpaired) electrons. The van der Waals surface area contributed by atoms with E-state index < -0.39 is 52.1 Å². The Kier molecular flexibility index (Phi) is 73.8. The smallest absolute Gasteiger partial charge is 0.398 e. The van der Waals surface area contributed by atoms with Crippen LogP contribution in [0.15, 0.2) is 12.7 Å². The van der Waals surface area contributed by atoms with Gasteiger partial charge >= 0.3 is 52.1 Å². The Morgan fingerprint density at radius 2 is 0.713 bits per heavy atom. The van der Waals surface area contributed by atoms with Gasteiger partial charge in [0, 0.05) is 161 Å². The van der Waals surface area contributed by atoms with Crippen molar-refractivity contribution in [1.82, 2.24) is 4.90 Å². The molecule has 2 rings (SSSR count). The van der Waals surface area contributed by atoms with Crippen molar-refractivity contribution in [2.45, 2.75) is 246 Å². The zero-order valence-corrected chi connectivity index (χ0v) is 70.3. The minimum Gasteiger partial charge on any atom is -0.398 e. The number of allylic oxidation sites excluding steroid dienone is 1. The van der Waals surface area contributed by atoms with E-state index in [9.17, 15) is 5.11 Å². The van der Waals surface area contributed by atoms with Gasteiger partial charge in [0.15, 0.2) is 0 Å². The number of aliphatic hydroxyl groups is 3. The molecule has 2 fully saturated rings. The monoisotopic (exact) mass is 1460 g/mol. The topological polar surface area (TPSA) is 221 Å². The van der Waals surface area contributed by atoms with Gasteiger partial charge in [0.1, 0.15) is 0 Å². The van der Waals surface area contributed by atoms with E-state index in [1.54, 1.807) is 64.0 Å². The molecule has 2 aliphatic carbocycles. The Morgan fingerprint density at radius 1 is 0.372 bits per heavy atom. The SMILES string of the molecule is C=CCCCCCCCCCC.CCCC[Si](C)(OC)OC.CCO[Si](CCCN(CCO)CCO)(OCC)OCC.CCO[Si](CCCOCC1CC1)(OCC)OCC.CO[Si](C)(CCCCCC[Si](CO)(OC)OC)OC.CO[Si](CCCOCC1CC1)(OC)OC. The van der Waals surface area contributed by atoms with Crippen LogP contribution in [0.3, 0.4) is 0 Å². The molecule has 21 nitrogen and oxygen atoms in total. The molecule has 0 heterocycles. The van der Waals surface area contributed by atoms with Crippen LogP contribution in [0.25, 0.3) is 0 Å². The number of hydrogen-bond donors (Lipinski definition) is 3. The third kappa shape index (κ3) is 56.8. The van der Waals surface area contributed by atoms with Crippen molar-refractivity contribution in [3.05, 3.63) is 12.7 Å². The maximum absolute atomic E-state index is 9.33. The molecule has 0 unspecified atom stereocenters. The Morgan fingerprint density at radius 3 is 1.03 bits per heavy atom. The van der Waals surface area contributed by atoms with Gasteiger partial charge in [-0.05, 0) is 149 Å². The van der Waals surface area contributed by atoms with Gasteiger partial charge in [-0.3, -0.25) is 4.90 Å². The summed E-state index contributed by atoms with van der Waals surface area (Å²) in [4.78, 5) is 2.03. The zero-order valence-electron chi connectivity index (χ0n) is 64.3. The number of aliphatic hydroxyl groups excluding tert-OH is 3. The molecule has 2 saturated carbocycles. The van der Waals surface area contributed by atoms with Gasteiger partial charge < -0.3 is 91.2 Å². The highest BCUT2D eigenvalue weighted by Crippen LogP contribution is 2.30. The third-order valence-electron chi connectivity index (χ3n) is 16.4. The highest BCUT2D eigenvalue weighted by Gasteiger charge is 2.41. The fourth-order valence-electron chi connectivity index (χ4n) is 9.73. The highest BCUT2D eigenvalue weighted by atomic mass is 28.4. The molecule has 94 heavy (non-hydrogen) atoms. The van der Waals surface area contributed by atoms with Crippen molar-refractivity contribution in [3.8, 4) is 0 Å². The number of ether oxygens (including phenoxy) is 2. The molecule has 2 aliphatic rings. The van der Waals surface area contributed by atoms with Crippen molar-refractivity contribution < 1.29 is 91.2 Å². The van der Waals surface area contributed by atoms with E-state index in [0.717, 1.165) is 126 Å². The van der Waals surface area contributed by atoms with Crippen LogP contribution in [-0.4, -0.2) is 241 Å². The second-order valence-electron chi connectivity index (χ2n) is 24.0. The molecule has 27 heteroatoms. The number of hydrogen-bond acceptors (Lipinski definition) is 21. The molecule has 0 aromatic heterocycles. The van der Waals surface area contributed by atoms with Crippen molar-refractivity contribution in [2.75, 3.05) is 169 Å². The zero-order chi connectivity index (χ0) is 71.6. The minimum absolute atomic E-state index is 0.0261. The predicted molar refractivity (Wildman–Crippen MR) is 397 cm³/mol. The number of unbranched alkanes of at least 4 members (excludes halogenated alkanes) is 12. The lowest BCUT2D eigenvalue weighted by molar-refractivity contribution is 0.0651. The number of rotatable bonds is 61. The predicted octanol–water partition coefficient (Wildman–Crippen LogP) is 14.3. The van der Waals surface area contributed by atoms with Crippen molar-refractivity contribution in [3.63, 3.8) is 0 Å². The van der Waals surface area contributed by atoms with E-state index in [-0.39, 0.29) is 19.4 Å². The lowest BCUT2D eigenvalue weighted by Crippen LogP contribution is -2.46. The Bertz CT molecular complexity index is 1490. The first-order valence-electron chi connectivity index (χ1n) is 36.4. The first kappa shape index (κ1) is 101. The fraction of sp³-hybridized carbons (Fsp3) is 0.970. The summed E-state index contributed by atoms with van der Waals surface area (Å²) in [5.41, 5.74) is 0. The van der Waals surface area contributed by atoms with Crippen LogP contribution < -0.4 is 0 Å². The molecule has 0 bridgehead atoms. The van der Waals surface area contributed by atoms with Crippen molar-refractivity contribution >= 4 is 52.1 Å². The summed E-state index contributed by atoms with van der Waals surface area (Å²) in [5, 5.41) is 27.3. The van der Waals surface area contributed by atoms with Crippen LogP contribution in [0.5, 0.6) is 0 Å². The minimum atomic E-state index is -2.56. The first-order chi connectivity index (χ1) is 45.3. The van der Waals surface area contributed by atoms with Crippen LogP contribution in [0.4, 0.5) is 0 Å². The largest absolute Gasteiger partial charge is 0.501 e. The molecular formula is C67H153NO20Si6.